The second-order valence-electron chi connectivity index (χ2n) is 4.53. The van der Waals surface area contributed by atoms with Crippen molar-refractivity contribution in [2.24, 2.45) is 0 Å². The number of nitrogens with one attached hydrogen (secondary N) is 1. The van der Waals surface area contributed by atoms with Crippen LogP contribution in [0.4, 0.5) is 13.2 Å². The molecule has 19 heavy (non-hydrogen) atoms. The molecule has 1 aliphatic rings. The molecule has 0 atom stereocenters. The van der Waals surface area contributed by atoms with Gasteiger partial charge in [0.25, 0.3) is 0 Å². The third-order valence-electron chi connectivity index (χ3n) is 2.94. The van der Waals surface area contributed by atoms with E-state index >= 15 is 0 Å². The van der Waals surface area contributed by atoms with E-state index in [-0.39, 0.29) is 11.3 Å². The first-order valence-electron chi connectivity index (χ1n) is 5.96. The van der Waals surface area contributed by atoms with Gasteiger partial charge in [0.2, 0.25) is 5.89 Å². The molecule has 0 spiro atoms. The minimum Gasteiger partial charge on any atom is -0.439 e. The molecule has 1 N–H and O–H groups in total. The van der Waals surface area contributed by atoms with Crippen molar-refractivity contribution in [2.45, 2.75) is 25.4 Å². The number of aromatic nitrogens is 1. The van der Waals surface area contributed by atoms with Crippen molar-refractivity contribution in [3.05, 3.63) is 41.7 Å². The van der Waals surface area contributed by atoms with Crippen LogP contribution >= 0.6 is 0 Å². The normalized spacial score (nSPS) is 14.9. The van der Waals surface area contributed by atoms with Gasteiger partial charge in [-0.2, -0.15) is 0 Å². The van der Waals surface area contributed by atoms with Crippen molar-refractivity contribution in [3.8, 4) is 11.3 Å². The zero-order valence-corrected chi connectivity index (χ0v) is 9.92. The molecule has 0 amide bonds. The molecule has 1 aliphatic carbocycles. The summed E-state index contributed by atoms with van der Waals surface area (Å²) in [6.07, 6.45) is 3.65. The van der Waals surface area contributed by atoms with E-state index in [9.17, 15) is 13.2 Å². The van der Waals surface area contributed by atoms with Crippen molar-refractivity contribution in [1.29, 1.82) is 0 Å². The molecule has 0 radical (unpaired) electrons. The molecule has 1 aromatic carbocycles. The summed E-state index contributed by atoms with van der Waals surface area (Å²) in [7, 11) is 0. The topological polar surface area (TPSA) is 38.1 Å². The quantitative estimate of drug-likeness (QED) is 0.866. The molecule has 6 heteroatoms. The number of oxazole rings is 1. The summed E-state index contributed by atoms with van der Waals surface area (Å²) in [6, 6.07) is 2.28. The monoisotopic (exact) mass is 268 g/mol. The van der Waals surface area contributed by atoms with Crippen LogP contribution in [0.15, 0.2) is 22.7 Å². The Labute approximate surface area is 107 Å². The fourth-order valence-electron chi connectivity index (χ4n) is 1.74. The second-order valence-corrected chi connectivity index (χ2v) is 4.53. The summed E-state index contributed by atoms with van der Waals surface area (Å²) in [5.74, 6) is -3.33. The number of nitrogens with zero attached hydrogens (tertiary/aromatic N) is 1. The van der Waals surface area contributed by atoms with Crippen LogP contribution in [0.25, 0.3) is 11.3 Å². The molecule has 0 saturated heterocycles. The van der Waals surface area contributed by atoms with Gasteiger partial charge in [-0.1, -0.05) is 0 Å². The van der Waals surface area contributed by atoms with Gasteiger partial charge in [-0.05, 0) is 25.0 Å². The summed E-state index contributed by atoms with van der Waals surface area (Å²) in [5, 5.41) is 3.21. The lowest BCUT2D eigenvalue weighted by Crippen LogP contribution is -2.15. The highest BCUT2D eigenvalue weighted by Gasteiger charge is 2.21. The van der Waals surface area contributed by atoms with Crippen molar-refractivity contribution < 1.29 is 17.6 Å². The molecule has 100 valence electrons. The van der Waals surface area contributed by atoms with Crippen LogP contribution in [0.5, 0.6) is 0 Å². The Balaban J connectivity index is 1.81. The second kappa shape index (κ2) is 4.70. The summed E-state index contributed by atoms with van der Waals surface area (Å²) in [5.41, 5.74) is 0.126. The predicted molar refractivity (Wildman–Crippen MR) is 61.7 cm³/mol. The number of rotatable bonds is 4. The van der Waals surface area contributed by atoms with Gasteiger partial charge in [-0.3, -0.25) is 0 Å². The van der Waals surface area contributed by atoms with E-state index in [1.165, 1.54) is 6.20 Å². The summed E-state index contributed by atoms with van der Waals surface area (Å²) < 4.78 is 44.4. The highest BCUT2D eigenvalue weighted by molar-refractivity contribution is 5.56. The van der Waals surface area contributed by atoms with Gasteiger partial charge in [0.1, 0.15) is 0 Å². The number of hydrogen-bond donors (Lipinski definition) is 1. The number of halogens is 3. The van der Waals surface area contributed by atoms with Gasteiger partial charge in [-0.15, -0.1) is 0 Å². The summed E-state index contributed by atoms with van der Waals surface area (Å²) in [4.78, 5) is 4.01. The van der Waals surface area contributed by atoms with Crippen molar-refractivity contribution >= 4 is 0 Å². The molecule has 2 aromatic rings. The predicted octanol–water partition coefficient (Wildman–Crippen LogP) is 3.01. The standard InChI is InChI=1S/C13H11F3N2O/c14-9-3-7(4-10(15)13(9)16)11-5-18-12(19-11)6-17-8-1-2-8/h3-5,8,17H,1-2,6H2. The van der Waals surface area contributed by atoms with Gasteiger partial charge in [-0.25, -0.2) is 18.2 Å². The van der Waals surface area contributed by atoms with Gasteiger partial charge >= 0.3 is 0 Å². The molecule has 0 aliphatic heterocycles. The van der Waals surface area contributed by atoms with Crippen molar-refractivity contribution in [3.63, 3.8) is 0 Å². The Hall–Kier alpha value is -1.82. The highest BCUT2D eigenvalue weighted by Crippen LogP contribution is 2.25. The van der Waals surface area contributed by atoms with Gasteiger partial charge < -0.3 is 9.73 Å². The zero-order chi connectivity index (χ0) is 13.4. The van der Waals surface area contributed by atoms with Crippen LogP contribution in [-0.4, -0.2) is 11.0 Å². The van der Waals surface area contributed by atoms with E-state index in [0.29, 0.717) is 18.5 Å². The van der Waals surface area contributed by atoms with Crippen LogP contribution < -0.4 is 5.32 Å². The lowest BCUT2D eigenvalue weighted by molar-refractivity contribution is 0.445. The third-order valence-corrected chi connectivity index (χ3v) is 2.94. The summed E-state index contributed by atoms with van der Waals surface area (Å²) in [6.45, 7) is 0.469. The maximum atomic E-state index is 13.1. The largest absolute Gasteiger partial charge is 0.439 e. The van der Waals surface area contributed by atoms with E-state index in [4.69, 9.17) is 4.42 Å². The zero-order valence-electron chi connectivity index (χ0n) is 9.92. The smallest absolute Gasteiger partial charge is 0.208 e. The first-order chi connectivity index (χ1) is 9.13. The first kappa shape index (κ1) is 12.2. The van der Waals surface area contributed by atoms with E-state index in [0.717, 1.165) is 25.0 Å². The van der Waals surface area contributed by atoms with E-state index in [2.05, 4.69) is 10.3 Å². The fourth-order valence-corrected chi connectivity index (χ4v) is 1.74. The number of hydrogen-bond acceptors (Lipinski definition) is 3. The van der Waals surface area contributed by atoms with Crippen molar-refractivity contribution in [2.75, 3.05) is 0 Å². The molecule has 3 rings (SSSR count). The average molecular weight is 268 g/mol. The highest BCUT2D eigenvalue weighted by atomic mass is 19.2. The SMILES string of the molecule is Fc1cc(-c2cnc(CNC3CC3)o2)cc(F)c1F. The molecular formula is C13H11F3N2O. The Kier molecular flexibility index (Phi) is 3.02. The van der Waals surface area contributed by atoms with Gasteiger partial charge in [0, 0.05) is 11.6 Å². The molecule has 1 aromatic heterocycles. The minimum atomic E-state index is -1.49. The maximum Gasteiger partial charge on any atom is 0.208 e. The Morgan fingerprint density at radius 3 is 2.53 bits per heavy atom. The first-order valence-corrected chi connectivity index (χ1v) is 5.96. The molecular weight excluding hydrogens is 257 g/mol. The third kappa shape index (κ3) is 2.63. The lowest BCUT2D eigenvalue weighted by atomic mass is 10.1. The lowest BCUT2D eigenvalue weighted by Gasteiger charge is -2.00. The van der Waals surface area contributed by atoms with E-state index in [1.807, 2.05) is 0 Å². The molecule has 1 heterocycles. The van der Waals surface area contributed by atoms with E-state index in [1.54, 1.807) is 0 Å². The average Bonchev–Trinajstić information content (AvgIpc) is 3.10. The van der Waals surface area contributed by atoms with E-state index < -0.39 is 17.5 Å². The number of benzene rings is 1. The molecule has 0 bridgehead atoms. The van der Waals surface area contributed by atoms with Gasteiger partial charge in [0.15, 0.2) is 23.2 Å². The van der Waals surface area contributed by atoms with Crippen LogP contribution in [0, 0.1) is 17.5 Å². The summed E-state index contributed by atoms with van der Waals surface area (Å²) >= 11 is 0. The molecule has 1 fully saturated rings. The van der Waals surface area contributed by atoms with Crippen LogP contribution in [0.3, 0.4) is 0 Å². The maximum absolute atomic E-state index is 13.1. The fraction of sp³-hybridized carbons (Fsp3) is 0.308. The molecule has 3 nitrogen and oxygen atoms in total. The minimum absolute atomic E-state index is 0.126. The van der Waals surface area contributed by atoms with Crippen LogP contribution in [-0.2, 0) is 6.54 Å². The molecule has 1 saturated carbocycles. The van der Waals surface area contributed by atoms with Gasteiger partial charge in [0.05, 0.1) is 12.7 Å². The Morgan fingerprint density at radius 2 is 1.89 bits per heavy atom. The van der Waals surface area contributed by atoms with Crippen LogP contribution in [0.1, 0.15) is 18.7 Å². The molecule has 0 unspecified atom stereocenters. The van der Waals surface area contributed by atoms with Crippen molar-refractivity contribution in [1.82, 2.24) is 10.3 Å². The Morgan fingerprint density at radius 1 is 1.21 bits per heavy atom. The van der Waals surface area contributed by atoms with Crippen LogP contribution in [0.2, 0.25) is 0 Å². The Bertz CT molecular complexity index is 585.